The number of aromatic nitrogens is 2. The minimum Gasteiger partial charge on any atom is -0.361 e. The fourth-order valence-corrected chi connectivity index (χ4v) is 3.90. The fourth-order valence-electron chi connectivity index (χ4n) is 3.90. The molecule has 108 valence electrons. The van der Waals surface area contributed by atoms with Crippen LogP contribution in [0.15, 0.2) is 54.7 Å². The van der Waals surface area contributed by atoms with Gasteiger partial charge in [-0.1, -0.05) is 36.4 Å². The summed E-state index contributed by atoms with van der Waals surface area (Å²) in [7, 11) is 0. The van der Waals surface area contributed by atoms with E-state index in [1.807, 2.05) is 0 Å². The molecule has 3 nitrogen and oxygen atoms in total. The van der Waals surface area contributed by atoms with Crippen LogP contribution in [-0.2, 0) is 6.42 Å². The molecule has 0 unspecified atom stereocenters. The van der Waals surface area contributed by atoms with Gasteiger partial charge in [-0.15, -0.1) is 0 Å². The predicted octanol–water partition coefficient (Wildman–Crippen LogP) is 2.86. The van der Waals surface area contributed by atoms with Gasteiger partial charge < -0.3 is 15.3 Å². The molecule has 2 aromatic heterocycles. The molecule has 1 aliphatic heterocycles. The molecule has 3 heteroatoms. The number of rotatable bonds is 1. The molecule has 3 heterocycles. The van der Waals surface area contributed by atoms with Crippen LogP contribution < -0.4 is 5.32 Å². The SMILES string of the molecule is c1ccc2c([C@@H]3[NH2+]CCc4c3[nH]c3ccccc43)c[nH]c2c1. The van der Waals surface area contributed by atoms with Crippen molar-refractivity contribution in [3.05, 3.63) is 71.5 Å². The lowest BCUT2D eigenvalue weighted by Gasteiger charge is -2.21. The Morgan fingerprint density at radius 1 is 0.909 bits per heavy atom. The maximum Gasteiger partial charge on any atom is 0.155 e. The highest BCUT2D eigenvalue weighted by Crippen LogP contribution is 2.33. The van der Waals surface area contributed by atoms with E-state index in [9.17, 15) is 0 Å². The van der Waals surface area contributed by atoms with E-state index >= 15 is 0 Å². The number of hydrogen-bond acceptors (Lipinski definition) is 0. The van der Waals surface area contributed by atoms with Crippen LogP contribution in [0.4, 0.5) is 0 Å². The Hall–Kier alpha value is -2.52. The Kier molecular flexibility index (Phi) is 2.46. The van der Waals surface area contributed by atoms with Crippen molar-refractivity contribution in [2.24, 2.45) is 0 Å². The summed E-state index contributed by atoms with van der Waals surface area (Å²) in [6.07, 6.45) is 3.31. The zero-order chi connectivity index (χ0) is 14.5. The van der Waals surface area contributed by atoms with Gasteiger partial charge in [0.2, 0.25) is 0 Å². The maximum atomic E-state index is 3.67. The molecule has 4 aromatic rings. The van der Waals surface area contributed by atoms with E-state index in [1.54, 1.807) is 0 Å². The van der Waals surface area contributed by atoms with Crippen LogP contribution in [0.1, 0.15) is 22.9 Å². The van der Waals surface area contributed by atoms with Crippen molar-refractivity contribution in [1.82, 2.24) is 9.97 Å². The standard InChI is InChI=1S/C19H17N3/c1-3-7-16-13(6-1)15(11-21-16)18-19-14(9-10-20-18)12-5-2-4-8-17(12)22-19/h1-8,11,18,20-22H,9-10H2/p+1/t18-/m0/s1. The lowest BCUT2D eigenvalue weighted by atomic mass is 9.94. The van der Waals surface area contributed by atoms with Crippen molar-refractivity contribution in [2.75, 3.05) is 6.54 Å². The molecule has 0 saturated carbocycles. The first kappa shape index (κ1) is 12.1. The highest BCUT2D eigenvalue weighted by Gasteiger charge is 2.30. The Bertz CT molecular complexity index is 977. The number of benzene rings is 2. The molecule has 5 rings (SSSR count). The van der Waals surface area contributed by atoms with Crippen molar-refractivity contribution in [3.8, 4) is 0 Å². The average molecular weight is 288 g/mol. The summed E-state index contributed by atoms with van der Waals surface area (Å²) < 4.78 is 0. The molecule has 2 aromatic carbocycles. The lowest BCUT2D eigenvalue weighted by molar-refractivity contribution is -0.690. The second-order valence-electron chi connectivity index (χ2n) is 6.10. The second kappa shape index (κ2) is 4.49. The molecule has 4 N–H and O–H groups in total. The van der Waals surface area contributed by atoms with E-state index in [0.29, 0.717) is 6.04 Å². The number of para-hydroxylation sites is 2. The molecular formula is C19H18N3+. The van der Waals surface area contributed by atoms with Crippen LogP contribution in [0.5, 0.6) is 0 Å². The highest BCUT2D eigenvalue weighted by atomic mass is 15.0. The number of H-pyrrole nitrogens is 2. The van der Waals surface area contributed by atoms with Crippen LogP contribution in [-0.4, -0.2) is 16.5 Å². The number of fused-ring (bicyclic) bond motifs is 4. The minimum atomic E-state index is 0.354. The van der Waals surface area contributed by atoms with Crippen LogP contribution in [0.25, 0.3) is 21.8 Å². The van der Waals surface area contributed by atoms with E-state index in [2.05, 4.69) is 70.0 Å². The summed E-state index contributed by atoms with van der Waals surface area (Å²) in [5.41, 5.74) is 6.72. The van der Waals surface area contributed by atoms with Gasteiger partial charge in [0.15, 0.2) is 6.04 Å². The third kappa shape index (κ3) is 1.60. The number of hydrogen-bond donors (Lipinski definition) is 3. The lowest BCUT2D eigenvalue weighted by Crippen LogP contribution is -2.87. The topological polar surface area (TPSA) is 48.2 Å². The number of aromatic amines is 2. The van der Waals surface area contributed by atoms with Gasteiger partial charge in [-0.05, 0) is 17.7 Å². The van der Waals surface area contributed by atoms with Crippen molar-refractivity contribution in [3.63, 3.8) is 0 Å². The molecule has 0 spiro atoms. The molecule has 0 fully saturated rings. The van der Waals surface area contributed by atoms with Gasteiger partial charge in [-0.3, -0.25) is 0 Å². The Morgan fingerprint density at radius 2 is 1.68 bits per heavy atom. The van der Waals surface area contributed by atoms with Crippen LogP contribution in [0, 0.1) is 0 Å². The zero-order valence-electron chi connectivity index (χ0n) is 12.3. The van der Waals surface area contributed by atoms with Crippen LogP contribution >= 0.6 is 0 Å². The normalized spacial score (nSPS) is 17.9. The Balaban J connectivity index is 1.75. The van der Waals surface area contributed by atoms with E-state index in [4.69, 9.17) is 0 Å². The van der Waals surface area contributed by atoms with Gasteiger partial charge in [0.1, 0.15) is 0 Å². The molecule has 0 radical (unpaired) electrons. The first-order chi connectivity index (χ1) is 10.9. The van der Waals surface area contributed by atoms with Gasteiger partial charge >= 0.3 is 0 Å². The fraction of sp³-hybridized carbons (Fsp3) is 0.158. The van der Waals surface area contributed by atoms with Crippen molar-refractivity contribution in [2.45, 2.75) is 12.5 Å². The van der Waals surface area contributed by atoms with Crippen molar-refractivity contribution in [1.29, 1.82) is 0 Å². The molecule has 1 atom stereocenters. The van der Waals surface area contributed by atoms with E-state index in [1.165, 1.54) is 38.6 Å². The third-order valence-electron chi connectivity index (χ3n) is 4.91. The largest absolute Gasteiger partial charge is 0.361 e. The van der Waals surface area contributed by atoms with Gasteiger partial charge in [0.05, 0.1) is 12.2 Å². The summed E-state index contributed by atoms with van der Waals surface area (Å²) in [6.45, 7) is 1.14. The first-order valence-electron chi connectivity index (χ1n) is 7.90. The van der Waals surface area contributed by atoms with E-state index in [-0.39, 0.29) is 0 Å². The Morgan fingerprint density at radius 3 is 2.59 bits per heavy atom. The van der Waals surface area contributed by atoms with Crippen LogP contribution in [0.2, 0.25) is 0 Å². The van der Waals surface area contributed by atoms with Gasteiger partial charge in [0, 0.05) is 40.0 Å². The maximum absolute atomic E-state index is 3.67. The molecule has 0 bridgehead atoms. The quantitative estimate of drug-likeness (QED) is 0.482. The zero-order valence-corrected chi connectivity index (χ0v) is 12.3. The summed E-state index contributed by atoms with van der Waals surface area (Å²) in [5.74, 6) is 0. The second-order valence-corrected chi connectivity index (χ2v) is 6.10. The smallest absolute Gasteiger partial charge is 0.155 e. The van der Waals surface area contributed by atoms with Gasteiger partial charge in [-0.25, -0.2) is 0 Å². The van der Waals surface area contributed by atoms with Crippen molar-refractivity contribution >= 4 is 21.8 Å². The highest BCUT2D eigenvalue weighted by molar-refractivity contribution is 5.87. The molecule has 0 aliphatic carbocycles. The number of nitrogens with one attached hydrogen (secondary N) is 2. The summed E-state index contributed by atoms with van der Waals surface area (Å²) in [4.78, 5) is 7.09. The number of quaternary nitrogens is 1. The Labute approximate surface area is 128 Å². The molecular weight excluding hydrogens is 270 g/mol. The average Bonchev–Trinajstić information content (AvgIpc) is 3.16. The molecule has 0 saturated heterocycles. The van der Waals surface area contributed by atoms with E-state index in [0.717, 1.165) is 13.0 Å². The summed E-state index contributed by atoms with van der Waals surface area (Å²) in [6, 6.07) is 17.6. The molecule has 1 aliphatic rings. The summed E-state index contributed by atoms with van der Waals surface area (Å²) in [5, 5.41) is 5.17. The molecule has 22 heavy (non-hydrogen) atoms. The monoisotopic (exact) mass is 288 g/mol. The molecule has 0 amide bonds. The first-order valence-corrected chi connectivity index (χ1v) is 7.90. The third-order valence-corrected chi connectivity index (χ3v) is 4.91. The van der Waals surface area contributed by atoms with Crippen LogP contribution in [0.3, 0.4) is 0 Å². The minimum absolute atomic E-state index is 0.354. The summed E-state index contributed by atoms with van der Waals surface area (Å²) >= 11 is 0. The van der Waals surface area contributed by atoms with Gasteiger partial charge in [0.25, 0.3) is 0 Å². The predicted molar refractivity (Wildman–Crippen MR) is 88.9 cm³/mol. The van der Waals surface area contributed by atoms with Gasteiger partial charge in [-0.2, -0.15) is 0 Å². The van der Waals surface area contributed by atoms with E-state index < -0.39 is 0 Å². The number of nitrogens with two attached hydrogens (primary N) is 1. The van der Waals surface area contributed by atoms with Crippen molar-refractivity contribution < 1.29 is 5.32 Å².